The third-order valence-electron chi connectivity index (χ3n) is 8.69. The van der Waals surface area contributed by atoms with Crippen LogP contribution in [0.3, 0.4) is 0 Å². The van der Waals surface area contributed by atoms with Crippen LogP contribution >= 0.6 is 0 Å². The Morgan fingerprint density at radius 2 is 1.11 bits per heavy atom. The number of para-hydroxylation sites is 1. The lowest BCUT2D eigenvalue weighted by atomic mass is 9.64. The minimum Gasteiger partial charge on any atom is -0.355 e. The maximum Gasteiger partial charge on any atom is 0.120 e. The van der Waals surface area contributed by atoms with E-state index < -0.39 is 0 Å². The molecule has 1 unspecified atom stereocenters. The molecule has 5 aromatic rings. The quantitative estimate of drug-likeness (QED) is 0.259. The van der Waals surface area contributed by atoms with Crippen LogP contribution in [0.4, 0.5) is 11.4 Å². The van der Waals surface area contributed by atoms with Gasteiger partial charge in [-0.25, -0.2) is 0 Å². The highest BCUT2D eigenvalue weighted by Gasteiger charge is 2.37. The molecule has 0 aliphatic heterocycles. The van der Waals surface area contributed by atoms with Gasteiger partial charge in [0.2, 0.25) is 0 Å². The number of hydrogen-bond acceptors (Lipinski definition) is 1. The van der Waals surface area contributed by atoms with Gasteiger partial charge in [0.15, 0.2) is 0 Å². The monoisotopic (exact) mass is 475 g/mol. The molecular formula is C35H30BN. The summed E-state index contributed by atoms with van der Waals surface area (Å²) in [6.45, 7) is 7.02. The fourth-order valence-corrected chi connectivity index (χ4v) is 6.74. The van der Waals surface area contributed by atoms with Crippen molar-refractivity contribution in [1.29, 1.82) is 0 Å². The van der Waals surface area contributed by atoms with Gasteiger partial charge >= 0.3 is 0 Å². The summed E-state index contributed by atoms with van der Waals surface area (Å²) in [5.41, 5.74) is 15.8. The maximum absolute atomic E-state index is 3.80. The van der Waals surface area contributed by atoms with Crippen molar-refractivity contribution in [2.24, 2.45) is 0 Å². The first-order chi connectivity index (χ1) is 17.9. The maximum atomic E-state index is 3.80. The van der Waals surface area contributed by atoms with Crippen LogP contribution < -0.4 is 5.32 Å². The molecule has 0 fully saturated rings. The van der Waals surface area contributed by atoms with Crippen molar-refractivity contribution in [1.82, 2.24) is 0 Å². The number of rotatable bonds is 3. The fourth-order valence-electron chi connectivity index (χ4n) is 6.74. The van der Waals surface area contributed by atoms with Gasteiger partial charge in [-0.05, 0) is 73.6 Å². The van der Waals surface area contributed by atoms with E-state index in [0.29, 0.717) is 0 Å². The van der Waals surface area contributed by atoms with Gasteiger partial charge in [-0.15, -0.1) is 0 Å². The van der Waals surface area contributed by atoms with E-state index in [4.69, 9.17) is 0 Å². The van der Waals surface area contributed by atoms with Crippen LogP contribution in [0.5, 0.6) is 0 Å². The molecule has 0 heterocycles. The van der Waals surface area contributed by atoms with Crippen molar-refractivity contribution >= 4 is 19.2 Å². The van der Waals surface area contributed by atoms with E-state index in [1.54, 1.807) is 0 Å². The van der Waals surface area contributed by atoms with E-state index >= 15 is 0 Å². The number of hydrogen-bond donors (Lipinski definition) is 1. The van der Waals surface area contributed by atoms with E-state index in [9.17, 15) is 0 Å². The first-order valence-electron chi connectivity index (χ1n) is 13.2. The molecule has 1 atom stereocenters. The number of nitrogens with one attached hydrogen (secondary N) is 1. The molecule has 2 aliphatic carbocycles. The van der Waals surface area contributed by atoms with Crippen LogP contribution in [0.1, 0.15) is 43.0 Å². The summed E-state index contributed by atoms with van der Waals surface area (Å²) in [5, 5.41) is 3.79. The second-order valence-electron chi connectivity index (χ2n) is 11.5. The molecule has 2 heteroatoms. The lowest BCUT2D eigenvalue weighted by Gasteiger charge is -2.23. The molecule has 178 valence electrons. The van der Waals surface area contributed by atoms with E-state index in [2.05, 4.69) is 143 Å². The Morgan fingerprint density at radius 1 is 0.514 bits per heavy atom. The Labute approximate surface area is 220 Å². The fraction of sp³-hybridized carbons (Fsp3) is 0.143. The van der Waals surface area contributed by atoms with Crippen LogP contribution in [-0.2, 0) is 10.7 Å². The second-order valence-corrected chi connectivity index (χ2v) is 11.5. The van der Waals surface area contributed by atoms with Crippen LogP contribution in [0.2, 0.25) is 0 Å². The molecule has 1 N–H and O–H groups in total. The molecule has 0 radical (unpaired) electrons. The van der Waals surface area contributed by atoms with Gasteiger partial charge in [-0.1, -0.05) is 112 Å². The average molecular weight is 475 g/mol. The van der Waals surface area contributed by atoms with Crippen molar-refractivity contribution in [2.45, 2.75) is 31.5 Å². The minimum absolute atomic E-state index is 0.00905. The number of benzene rings is 5. The van der Waals surface area contributed by atoms with Crippen LogP contribution in [0.15, 0.2) is 109 Å². The average Bonchev–Trinajstić information content (AvgIpc) is 3.29. The van der Waals surface area contributed by atoms with Crippen LogP contribution in [0, 0.1) is 0 Å². The predicted octanol–water partition coefficient (Wildman–Crippen LogP) is 8.28. The van der Waals surface area contributed by atoms with Crippen molar-refractivity contribution < 1.29 is 0 Å². The molecule has 5 aromatic carbocycles. The second kappa shape index (κ2) is 7.73. The first kappa shape index (κ1) is 22.2. The van der Waals surface area contributed by atoms with Crippen LogP contribution in [-0.4, -0.2) is 7.85 Å². The largest absolute Gasteiger partial charge is 0.355 e. The van der Waals surface area contributed by atoms with Gasteiger partial charge in [-0.3, -0.25) is 0 Å². The Hall–Kier alpha value is -4.04. The summed E-state index contributed by atoms with van der Waals surface area (Å²) in [6, 6.07) is 40.1. The lowest BCUT2D eigenvalue weighted by molar-refractivity contribution is 0.660. The zero-order valence-electron chi connectivity index (χ0n) is 21.9. The van der Waals surface area contributed by atoms with E-state index in [1.807, 2.05) is 0 Å². The van der Waals surface area contributed by atoms with Crippen molar-refractivity contribution in [3.8, 4) is 33.4 Å². The van der Waals surface area contributed by atoms with Gasteiger partial charge in [-0.2, -0.15) is 0 Å². The third kappa shape index (κ3) is 3.12. The Bertz CT molecular complexity index is 1710. The highest BCUT2D eigenvalue weighted by atomic mass is 14.9. The third-order valence-corrected chi connectivity index (χ3v) is 8.69. The smallest absolute Gasteiger partial charge is 0.120 e. The van der Waals surface area contributed by atoms with E-state index in [1.165, 1.54) is 55.6 Å². The first-order valence-corrected chi connectivity index (χ1v) is 13.2. The normalized spacial score (nSPS) is 18.0. The Kier molecular flexibility index (Phi) is 4.64. The van der Waals surface area contributed by atoms with Gasteiger partial charge in [0.1, 0.15) is 7.85 Å². The summed E-state index contributed by atoms with van der Waals surface area (Å²) in [7, 11) is 2.34. The van der Waals surface area contributed by atoms with Crippen LogP contribution in [0.25, 0.3) is 33.4 Å². The molecule has 0 amide bonds. The molecule has 0 spiro atoms. The number of anilines is 2. The number of fused-ring (bicyclic) bond motifs is 6. The predicted molar refractivity (Wildman–Crippen MR) is 160 cm³/mol. The Morgan fingerprint density at radius 3 is 1.92 bits per heavy atom. The topological polar surface area (TPSA) is 12.0 Å². The highest BCUT2D eigenvalue weighted by Crippen LogP contribution is 2.53. The Balaban J connectivity index is 1.34. The zero-order chi connectivity index (χ0) is 25.4. The van der Waals surface area contributed by atoms with E-state index in [-0.39, 0.29) is 10.7 Å². The molecular weight excluding hydrogens is 445 g/mol. The van der Waals surface area contributed by atoms with E-state index in [0.717, 1.165) is 11.4 Å². The molecule has 0 saturated carbocycles. The van der Waals surface area contributed by atoms with Gasteiger partial charge in [0.05, 0.1) is 0 Å². The zero-order valence-corrected chi connectivity index (χ0v) is 21.9. The van der Waals surface area contributed by atoms with Gasteiger partial charge in [0.25, 0.3) is 0 Å². The molecule has 0 aromatic heterocycles. The highest BCUT2D eigenvalue weighted by molar-refractivity contribution is 6.21. The molecule has 1 nitrogen and oxygen atoms in total. The summed E-state index contributed by atoms with van der Waals surface area (Å²) in [6.07, 6.45) is 0. The lowest BCUT2D eigenvalue weighted by Crippen LogP contribution is -2.20. The minimum atomic E-state index is -0.0152. The van der Waals surface area contributed by atoms with Gasteiger partial charge < -0.3 is 5.32 Å². The summed E-state index contributed by atoms with van der Waals surface area (Å²) in [5.74, 6) is 0. The molecule has 0 saturated heterocycles. The SMILES string of the molecule is BC1(C)c2ccccc2-c2ccc(Nc3ccccc3-c3cccc4c3-c3ccccc3C4(C)C)cc21. The summed E-state index contributed by atoms with van der Waals surface area (Å²) >= 11 is 0. The molecule has 2 aliphatic rings. The standard InChI is InChI=1S/C35H30BN/c1-34(2)28-15-7-5-13-27(28)33-26(14-10-17-30(33)34)25-12-6-9-18-32(25)37-22-19-20-24-23-11-4-8-16-29(23)35(3,36)31(24)21-22/h4-21,37H,36H2,1-3H3. The summed E-state index contributed by atoms with van der Waals surface area (Å²) in [4.78, 5) is 0. The summed E-state index contributed by atoms with van der Waals surface area (Å²) < 4.78 is 0. The van der Waals surface area contributed by atoms with Gasteiger partial charge in [0, 0.05) is 22.4 Å². The van der Waals surface area contributed by atoms with Crippen molar-refractivity contribution in [2.75, 3.05) is 5.32 Å². The molecule has 37 heavy (non-hydrogen) atoms. The molecule has 7 rings (SSSR count). The van der Waals surface area contributed by atoms with Crippen molar-refractivity contribution in [3.63, 3.8) is 0 Å². The van der Waals surface area contributed by atoms with Crippen molar-refractivity contribution in [3.05, 3.63) is 131 Å². The molecule has 0 bridgehead atoms.